The smallest absolute Gasteiger partial charge is 0.219 e. The predicted molar refractivity (Wildman–Crippen MR) is 106 cm³/mol. The van der Waals surface area contributed by atoms with Gasteiger partial charge >= 0.3 is 0 Å². The Morgan fingerprint density at radius 3 is 2.86 bits per heavy atom. The largest absolute Gasteiger partial charge is 0.496 e. The zero-order chi connectivity index (χ0) is 19.7. The second-order valence-corrected chi connectivity index (χ2v) is 7.86. The molecule has 1 aromatic carbocycles. The number of ether oxygens (including phenoxy) is 1. The van der Waals surface area contributed by atoms with Crippen molar-refractivity contribution in [1.82, 2.24) is 24.6 Å². The lowest BCUT2D eigenvalue weighted by Crippen LogP contribution is -2.39. The van der Waals surface area contributed by atoms with E-state index < -0.39 is 0 Å². The molecule has 2 aromatic rings. The Morgan fingerprint density at radius 2 is 2.07 bits per heavy atom. The maximum absolute atomic E-state index is 11.7. The lowest BCUT2D eigenvalue weighted by molar-refractivity contribution is -0.130. The van der Waals surface area contributed by atoms with E-state index >= 15 is 0 Å². The molecule has 7 nitrogen and oxygen atoms in total. The standard InChI is InChI=1S/C21H29N5O2/c1-15-7-8-17(19(12-15)28-3)13-25-9-5-4-6-18(25)21-23-22-20-14-24(16(2)27)10-11-26(20)21/h7-8,12,18H,4-6,9-11,13-14H2,1-3H3. The van der Waals surface area contributed by atoms with Crippen molar-refractivity contribution in [3.63, 3.8) is 0 Å². The summed E-state index contributed by atoms with van der Waals surface area (Å²) in [5.41, 5.74) is 2.42. The van der Waals surface area contributed by atoms with Gasteiger partial charge < -0.3 is 14.2 Å². The fraction of sp³-hybridized carbons (Fsp3) is 0.571. The highest BCUT2D eigenvalue weighted by Crippen LogP contribution is 2.34. The Balaban J connectivity index is 1.58. The van der Waals surface area contributed by atoms with Gasteiger partial charge in [-0.2, -0.15) is 0 Å². The van der Waals surface area contributed by atoms with Crippen LogP contribution in [-0.2, 0) is 24.4 Å². The van der Waals surface area contributed by atoms with Crippen LogP contribution in [0.5, 0.6) is 5.75 Å². The normalized spacial score (nSPS) is 20.1. The van der Waals surface area contributed by atoms with E-state index in [4.69, 9.17) is 4.74 Å². The number of fused-ring (bicyclic) bond motifs is 1. The molecule has 28 heavy (non-hydrogen) atoms. The van der Waals surface area contributed by atoms with Crippen LogP contribution >= 0.6 is 0 Å². The molecule has 3 heterocycles. The first-order valence-corrected chi connectivity index (χ1v) is 10.1. The van der Waals surface area contributed by atoms with E-state index in [0.717, 1.165) is 50.0 Å². The maximum atomic E-state index is 11.7. The van der Waals surface area contributed by atoms with Gasteiger partial charge in [-0.1, -0.05) is 18.6 Å². The van der Waals surface area contributed by atoms with E-state index in [-0.39, 0.29) is 11.9 Å². The molecular formula is C21H29N5O2. The van der Waals surface area contributed by atoms with Gasteiger partial charge in [-0.25, -0.2) is 0 Å². The minimum absolute atomic E-state index is 0.0987. The number of methoxy groups -OCH3 is 1. The summed E-state index contributed by atoms with van der Waals surface area (Å²) in [5.74, 6) is 2.99. The number of nitrogens with zero attached hydrogens (tertiary/aromatic N) is 5. The Bertz CT molecular complexity index is 862. The Labute approximate surface area is 166 Å². The molecule has 1 unspecified atom stereocenters. The fourth-order valence-corrected chi connectivity index (χ4v) is 4.37. The molecule has 4 rings (SSSR count). The number of hydrogen-bond acceptors (Lipinski definition) is 5. The van der Waals surface area contributed by atoms with Gasteiger partial charge in [0.2, 0.25) is 5.91 Å². The zero-order valence-corrected chi connectivity index (χ0v) is 17.0. The Morgan fingerprint density at radius 1 is 1.21 bits per heavy atom. The lowest BCUT2D eigenvalue weighted by Gasteiger charge is -2.36. The molecule has 0 N–H and O–H groups in total. The number of carbonyl (C=O) groups is 1. The summed E-state index contributed by atoms with van der Waals surface area (Å²) in [6.07, 6.45) is 3.49. The fourth-order valence-electron chi connectivity index (χ4n) is 4.37. The zero-order valence-electron chi connectivity index (χ0n) is 17.0. The SMILES string of the molecule is COc1cc(C)ccc1CN1CCCCC1c1nnc2n1CCN(C(C)=O)C2. The van der Waals surface area contributed by atoms with Crippen molar-refractivity contribution in [2.24, 2.45) is 0 Å². The first-order valence-electron chi connectivity index (χ1n) is 10.1. The number of benzene rings is 1. The third-order valence-corrected chi connectivity index (χ3v) is 5.95. The van der Waals surface area contributed by atoms with Crippen molar-refractivity contribution in [3.8, 4) is 5.75 Å². The molecule has 1 atom stereocenters. The van der Waals surface area contributed by atoms with Crippen molar-refractivity contribution < 1.29 is 9.53 Å². The number of hydrogen-bond donors (Lipinski definition) is 0. The van der Waals surface area contributed by atoms with Gasteiger partial charge in [0.25, 0.3) is 0 Å². The second kappa shape index (κ2) is 7.91. The highest BCUT2D eigenvalue weighted by Gasteiger charge is 2.32. The lowest BCUT2D eigenvalue weighted by atomic mass is 9.99. The van der Waals surface area contributed by atoms with Crippen molar-refractivity contribution in [2.75, 3.05) is 20.2 Å². The molecule has 1 fully saturated rings. The van der Waals surface area contributed by atoms with Crippen LogP contribution in [0.1, 0.15) is 55.0 Å². The van der Waals surface area contributed by atoms with E-state index in [2.05, 4.69) is 44.8 Å². The van der Waals surface area contributed by atoms with Crippen LogP contribution in [-0.4, -0.2) is 50.7 Å². The van der Waals surface area contributed by atoms with Gasteiger partial charge in [-0.3, -0.25) is 9.69 Å². The molecule has 2 aliphatic heterocycles. The molecular weight excluding hydrogens is 354 g/mol. The quantitative estimate of drug-likeness (QED) is 0.812. The van der Waals surface area contributed by atoms with Crippen LogP contribution < -0.4 is 4.74 Å². The first-order chi connectivity index (χ1) is 13.6. The topological polar surface area (TPSA) is 63.5 Å². The number of rotatable bonds is 4. The third-order valence-electron chi connectivity index (χ3n) is 5.95. The Kier molecular flexibility index (Phi) is 5.35. The second-order valence-electron chi connectivity index (χ2n) is 7.86. The van der Waals surface area contributed by atoms with Crippen LogP contribution in [0.3, 0.4) is 0 Å². The molecule has 1 aromatic heterocycles. The molecule has 150 valence electrons. The number of carbonyl (C=O) groups excluding carboxylic acids is 1. The number of likely N-dealkylation sites (tertiary alicyclic amines) is 1. The molecule has 2 aliphatic rings. The average Bonchev–Trinajstić information content (AvgIpc) is 3.12. The van der Waals surface area contributed by atoms with Crippen molar-refractivity contribution >= 4 is 5.91 Å². The predicted octanol–water partition coefficient (Wildman–Crippen LogP) is 2.68. The first kappa shape index (κ1) is 18.9. The maximum Gasteiger partial charge on any atom is 0.219 e. The van der Waals surface area contributed by atoms with Crippen LogP contribution in [0.2, 0.25) is 0 Å². The number of aromatic nitrogens is 3. The molecule has 0 bridgehead atoms. The van der Waals surface area contributed by atoms with Gasteiger partial charge in [-0.15, -0.1) is 10.2 Å². The minimum atomic E-state index is 0.0987. The summed E-state index contributed by atoms with van der Waals surface area (Å²) in [6, 6.07) is 6.67. The van der Waals surface area contributed by atoms with E-state index in [1.807, 2.05) is 4.90 Å². The molecule has 1 saturated heterocycles. The van der Waals surface area contributed by atoms with Gasteiger partial charge in [0.05, 0.1) is 19.7 Å². The van der Waals surface area contributed by atoms with E-state index in [9.17, 15) is 4.79 Å². The van der Waals surface area contributed by atoms with E-state index in [1.165, 1.54) is 24.0 Å². The van der Waals surface area contributed by atoms with Crippen molar-refractivity contribution in [2.45, 2.75) is 58.8 Å². The van der Waals surface area contributed by atoms with Crippen LogP contribution in [0.15, 0.2) is 18.2 Å². The Hall–Kier alpha value is -2.41. The summed E-state index contributed by atoms with van der Waals surface area (Å²) in [4.78, 5) is 16.0. The summed E-state index contributed by atoms with van der Waals surface area (Å²) in [5, 5.41) is 8.98. The van der Waals surface area contributed by atoms with Gasteiger partial charge in [0.15, 0.2) is 11.6 Å². The van der Waals surface area contributed by atoms with Crippen molar-refractivity contribution in [1.29, 1.82) is 0 Å². The van der Waals surface area contributed by atoms with Gasteiger partial charge in [0.1, 0.15) is 5.75 Å². The van der Waals surface area contributed by atoms with Crippen LogP contribution in [0, 0.1) is 6.92 Å². The third kappa shape index (κ3) is 3.63. The van der Waals surface area contributed by atoms with Gasteiger partial charge in [-0.05, 0) is 37.9 Å². The van der Waals surface area contributed by atoms with E-state index in [0.29, 0.717) is 6.54 Å². The summed E-state index contributed by atoms with van der Waals surface area (Å²) in [7, 11) is 1.74. The molecule has 0 radical (unpaired) electrons. The monoisotopic (exact) mass is 383 g/mol. The minimum Gasteiger partial charge on any atom is -0.496 e. The number of amides is 1. The van der Waals surface area contributed by atoms with E-state index in [1.54, 1.807) is 14.0 Å². The molecule has 0 spiro atoms. The molecule has 0 aliphatic carbocycles. The summed E-state index contributed by atoms with van der Waals surface area (Å²) in [6.45, 7) is 7.65. The highest BCUT2D eigenvalue weighted by atomic mass is 16.5. The molecule has 7 heteroatoms. The van der Waals surface area contributed by atoms with Crippen LogP contribution in [0.25, 0.3) is 0 Å². The van der Waals surface area contributed by atoms with Crippen LogP contribution in [0.4, 0.5) is 0 Å². The molecule has 0 saturated carbocycles. The van der Waals surface area contributed by atoms with Crippen molar-refractivity contribution in [3.05, 3.63) is 41.0 Å². The summed E-state index contributed by atoms with van der Waals surface area (Å²) >= 11 is 0. The average molecular weight is 383 g/mol. The summed E-state index contributed by atoms with van der Waals surface area (Å²) < 4.78 is 7.85. The molecule has 1 amide bonds. The number of aryl methyl sites for hydroxylation is 1. The van der Waals surface area contributed by atoms with Gasteiger partial charge in [0, 0.05) is 32.1 Å². The number of piperidine rings is 1. The highest BCUT2D eigenvalue weighted by molar-refractivity contribution is 5.73.